The highest BCUT2D eigenvalue weighted by atomic mass is 16.6. The zero-order valence-electron chi connectivity index (χ0n) is 19.4. The Hall–Kier alpha value is -5.85. The van der Waals surface area contributed by atoms with Gasteiger partial charge in [-0.25, -0.2) is 0 Å². The molecule has 0 aliphatic rings. The van der Waals surface area contributed by atoms with E-state index in [0.717, 1.165) is 12.1 Å². The second kappa shape index (κ2) is 13.3. The molecule has 0 saturated heterocycles. The summed E-state index contributed by atoms with van der Waals surface area (Å²) in [4.78, 5) is 48.6. The normalized spacial score (nSPS) is 9.58. The molecule has 4 aromatic rings. The Morgan fingerprint density at radius 3 is 1.03 bits per heavy atom. The molecule has 4 rings (SSSR count). The molecule has 0 unspecified atom stereocenters. The Kier molecular flexibility index (Phi) is 9.93. The fourth-order valence-electron chi connectivity index (χ4n) is 3.29. The minimum absolute atomic E-state index is 0.268. The molecule has 0 spiro atoms. The summed E-state index contributed by atoms with van der Waals surface area (Å²) in [6.45, 7) is 2.00. The molecule has 38 heavy (non-hydrogen) atoms. The molecular weight excluding hydrogens is 500 g/mol. The average Bonchev–Trinajstić information content (AvgIpc) is 2.94. The number of hydrogen-bond acceptors (Lipinski definition) is 9. The molecule has 0 bridgehead atoms. The zero-order valence-corrected chi connectivity index (χ0v) is 19.4. The van der Waals surface area contributed by atoms with E-state index in [2.05, 4.69) is 0 Å². The third-order valence-corrected chi connectivity index (χ3v) is 4.95. The SMILES string of the molecule is C=O.O=[N+]([O-])c1ccc(-c2ccccc2)c([N+](=O)[O-])c1.O=[N+]([O-])c1ccc(-c2ccccc2)c([N+](=O)[O-])c1. The number of nitro groups is 4. The topological polar surface area (TPSA) is 190 Å². The van der Waals surface area contributed by atoms with Gasteiger partial charge in [0.1, 0.15) is 6.79 Å². The van der Waals surface area contributed by atoms with Crippen LogP contribution < -0.4 is 0 Å². The Labute approximate surface area is 214 Å². The number of carbonyl (C=O) groups excluding carboxylic acids is 1. The minimum atomic E-state index is -0.651. The summed E-state index contributed by atoms with van der Waals surface area (Å²) in [6.07, 6.45) is 0. The lowest BCUT2D eigenvalue weighted by atomic mass is 10.0. The van der Waals surface area contributed by atoms with E-state index < -0.39 is 19.7 Å². The van der Waals surface area contributed by atoms with Gasteiger partial charge in [0.2, 0.25) is 0 Å². The van der Waals surface area contributed by atoms with Gasteiger partial charge in [-0.05, 0) is 23.3 Å². The third-order valence-electron chi connectivity index (χ3n) is 4.95. The fraction of sp³-hybridized carbons (Fsp3) is 0. The van der Waals surface area contributed by atoms with E-state index in [1.54, 1.807) is 60.7 Å². The Bertz CT molecular complexity index is 1350. The average molecular weight is 518 g/mol. The maximum Gasteiger partial charge on any atom is 0.284 e. The van der Waals surface area contributed by atoms with Gasteiger partial charge in [0.05, 0.1) is 43.0 Å². The predicted molar refractivity (Wildman–Crippen MR) is 137 cm³/mol. The molecule has 4 aromatic carbocycles. The van der Waals surface area contributed by atoms with Gasteiger partial charge in [-0.2, -0.15) is 0 Å². The first kappa shape index (κ1) is 28.4. The van der Waals surface area contributed by atoms with Crippen molar-refractivity contribution in [2.24, 2.45) is 0 Å². The fourth-order valence-corrected chi connectivity index (χ4v) is 3.29. The van der Waals surface area contributed by atoms with Crippen molar-refractivity contribution < 1.29 is 24.5 Å². The van der Waals surface area contributed by atoms with Gasteiger partial charge in [0, 0.05) is 12.1 Å². The van der Waals surface area contributed by atoms with Crippen LogP contribution in [0.1, 0.15) is 0 Å². The highest BCUT2D eigenvalue weighted by Crippen LogP contribution is 2.33. The Morgan fingerprint density at radius 1 is 0.447 bits per heavy atom. The van der Waals surface area contributed by atoms with Gasteiger partial charge in [-0.3, -0.25) is 40.5 Å². The first-order valence-electron chi connectivity index (χ1n) is 10.4. The Morgan fingerprint density at radius 2 is 0.763 bits per heavy atom. The number of benzene rings is 4. The standard InChI is InChI=1S/2C12H8N2O4.CH2O/c2*15-13(16)10-6-7-11(12(8-10)14(17)18)9-4-2-1-3-5-9;1-2/h2*1-8H;1H2. The number of hydrogen-bond donors (Lipinski definition) is 0. The number of carbonyl (C=O) groups is 1. The quantitative estimate of drug-likeness (QED) is 0.212. The monoisotopic (exact) mass is 518 g/mol. The Balaban J connectivity index is 0.000000251. The molecule has 13 nitrogen and oxygen atoms in total. The van der Waals surface area contributed by atoms with Crippen LogP contribution in [0.4, 0.5) is 22.7 Å². The molecule has 0 saturated carbocycles. The maximum atomic E-state index is 11.0. The van der Waals surface area contributed by atoms with Crippen LogP contribution in [0.3, 0.4) is 0 Å². The van der Waals surface area contributed by atoms with Gasteiger partial charge in [0.15, 0.2) is 0 Å². The lowest BCUT2D eigenvalue weighted by Gasteiger charge is -2.02. The van der Waals surface area contributed by atoms with Gasteiger partial charge < -0.3 is 4.79 Å². The van der Waals surface area contributed by atoms with Crippen LogP contribution in [0.5, 0.6) is 0 Å². The molecule has 0 aliphatic heterocycles. The van der Waals surface area contributed by atoms with Crippen LogP contribution in [0.15, 0.2) is 97.1 Å². The van der Waals surface area contributed by atoms with Crippen LogP contribution in [0.25, 0.3) is 22.3 Å². The lowest BCUT2D eigenvalue weighted by Crippen LogP contribution is -1.95. The second-order valence-electron chi connectivity index (χ2n) is 7.16. The number of rotatable bonds is 6. The highest BCUT2D eigenvalue weighted by molar-refractivity contribution is 5.76. The van der Waals surface area contributed by atoms with Crippen molar-refractivity contribution in [3.05, 3.63) is 138 Å². The van der Waals surface area contributed by atoms with Gasteiger partial charge in [-0.1, -0.05) is 60.7 Å². The maximum absolute atomic E-state index is 11.0. The highest BCUT2D eigenvalue weighted by Gasteiger charge is 2.21. The molecule has 0 fully saturated rings. The summed E-state index contributed by atoms with van der Waals surface area (Å²) < 4.78 is 0. The van der Waals surface area contributed by atoms with Crippen LogP contribution >= 0.6 is 0 Å². The second-order valence-corrected chi connectivity index (χ2v) is 7.16. The van der Waals surface area contributed by atoms with E-state index in [9.17, 15) is 40.5 Å². The van der Waals surface area contributed by atoms with Gasteiger partial charge in [0.25, 0.3) is 22.7 Å². The van der Waals surface area contributed by atoms with Crippen LogP contribution in [-0.2, 0) is 4.79 Å². The molecule has 13 heteroatoms. The summed E-state index contributed by atoms with van der Waals surface area (Å²) >= 11 is 0. The predicted octanol–water partition coefficient (Wildman–Crippen LogP) is 6.16. The van der Waals surface area contributed by atoms with Crippen molar-refractivity contribution in [1.29, 1.82) is 0 Å². The summed E-state index contributed by atoms with van der Waals surface area (Å²) in [5.74, 6) is 0. The first-order valence-corrected chi connectivity index (χ1v) is 10.4. The largest absolute Gasteiger partial charge is 0.307 e. The van der Waals surface area contributed by atoms with Crippen molar-refractivity contribution >= 4 is 29.5 Å². The smallest absolute Gasteiger partial charge is 0.284 e. The van der Waals surface area contributed by atoms with Crippen molar-refractivity contribution in [2.45, 2.75) is 0 Å². The van der Waals surface area contributed by atoms with Crippen LogP contribution in [-0.4, -0.2) is 26.5 Å². The number of nitrogens with zero attached hydrogens (tertiary/aromatic N) is 4. The molecule has 0 aliphatic carbocycles. The van der Waals surface area contributed by atoms with Crippen molar-refractivity contribution in [3.63, 3.8) is 0 Å². The van der Waals surface area contributed by atoms with E-state index in [-0.39, 0.29) is 22.7 Å². The van der Waals surface area contributed by atoms with Crippen molar-refractivity contribution in [1.82, 2.24) is 0 Å². The summed E-state index contributed by atoms with van der Waals surface area (Å²) in [7, 11) is 0. The van der Waals surface area contributed by atoms with E-state index >= 15 is 0 Å². The molecular formula is C25H18N4O9. The molecule has 192 valence electrons. The summed E-state index contributed by atoms with van der Waals surface area (Å²) in [5, 5.41) is 43.1. The number of non-ortho nitro benzene ring substituents is 2. The lowest BCUT2D eigenvalue weighted by molar-refractivity contribution is -0.394. The number of nitro benzene ring substituents is 4. The minimum Gasteiger partial charge on any atom is -0.307 e. The van der Waals surface area contributed by atoms with Crippen LogP contribution in [0.2, 0.25) is 0 Å². The molecule has 0 N–H and O–H groups in total. The van der Waals surface area contributed by atoms with E-state index in [0.29, 0.717) is 22.3 Å². The molecule has 0 heterocycles. The van der Waals surface area contributed by atoms with Crippen molar-refractivity contribution in [3.8, 4) is 22.3 Å². The first-order chi connectivity index (χ1) is 18.2. The van der Waals surface area contributed by atoms with Crippen LogP contribution in [0, 0.1) is 40.5 Å². The summed E-state index contributed by atoms with van der Waals surface area (Å²) in [6, 6.07) is 24.7. The molecule has 0 aromatic heterocycles. The zero-order chi connectivity index (χ0) is 28.2. The summed E-state index contributed by atoms with van der Waals surface area (Å²) in [5.41, 5.74) is 0.921. The molecule has 0 radical (unpaired) electrons. The molecule has 0 atom stereocenters. The third kappa shape index (κ3) is 7.08. The van der Waals surface area contributed by atoms with Gasteiger partial charge >= 0.3 is 0 Å². The van der Waals surface area contributed by atoms with E-state index in [4.69, 9.17) is 4.79 Å². The molecule has 0 amide bonds. The van der Waals surface area contributed by atoms with Gasteiger partial charge in [-0.15, -0.1) is 0 Å². The van der Waals surface area contributed by atoms with Crippen molar-refractivity contribution in [2.75, 3.05) is 0 Å². The van der Waals surface area contributed by atoms with E-state index in [1.165, 1.54) is 24.3 Å². The van der Waals surface area contributed by atoms with E-state index in [1.807, 2.05) is 6.79 Å².